The lowest BCUT2D eigenvalue weighted by Crippen LogP contribution is -2.34. The molecule has 6 heteroatoms. The van der Waals surface area contributed by atoms with Crippen LogP contribution in [0.1, 0.15) is 25.8 Å². The van der Waals surface area contributed by atoms with Crippen LogP contribution in [0.15, 0.2) is 76.5 Å². The van der Waals surface area contributed by atoms with Crippen LogP contribution in [-0.4, -0.2) is 25.1 Å². The highest BCUT2D eigenvalue weighted by Gasteiger charge is 2.36. The number of hydrogen-bond donors (Lipinski definition) is 0. The van der Waals surface area contributed by atoms with Crippen LogP contribution >= 0.6 is 23.1 Å². The van der Waals surface area contributed by atoms with Gasteiger partial charge in [-0.15, -0.1) is 11.8 Å². The molecular formula is C27H28N3OS2+. The van der Waals surface area contributed by atoms with Crippen molar-refractivity contribution in [2.75, 3.05) is 29.1 Å². The lowest BCUT2D eigenvalue weighted by molar-refractivity contribution is -0.665. The molecule has 0 bridgehead atoms. The van der Waals surface area contributed by atoms with Crippen LogP contribution in [0.4, 0.5) is 11.4 Å². The number of nitrogens with zero attached hydrogens (tertiary/aromatic N) is 3. The molecule has 0 spiro atoms. The summed E-state index contributed by atoms with van der Waals surface area (Å²) in [4.78, 5) is 19.1. The third-order valence-corrected chi connectivity index (χ3v) is 8.29. The number of thiazole rings is 1. The second-order valence-corrected chi connectivity index (χ2v) is 9.84. The van der Waals surface area contributed by atoms with Gasteiger partial charge in [0.05, 0.1) is 11.4 Å². The summed E-state index contributed by atoms with van der Waals surface area (Å²) in [6.07, 6.45) is 6.24. The van der Waals surface area contributed by atoms with Crippen LogP contribution in [0.2, 0.25) is 0 Å². The Kier molecular flexibility index (Phi) is 5.89. The first-order valence-corrected chi connectivity index (χ1v) is 13.5. The SMILES string of the molecule is CCN1C(=CC2=C(SC)C(=Cc3sc4ccccc4[n+]3CC)C2=O)N(CC)c2ccccc21. The average molecular weight is 475 g/mol. The number of fused-ring (bicyclic) bond motifs is 2. The summed E-state index contributed by atoms with van der Waals surface area (Å²) in [5.41, 5.74) is 5.27. The quantitative estimate of drug-likeness (QED) is 0.323. The van der Waals surface area contributed by atoms with E-state index in [0.717, 1.165) is 46.5 Å². The molecule has 0 atom stereocenters. The van der Waals surface area contributed by atoms with E-state index in [1.54, 1.807) is 23.1 Å². The van der Waals surface area contributed by atoms with Crippen molar-refractivity contribution < 1.29 is 9.36 Å². The average Bonchev–Trinajstić information content (AvgIpc) is 3.36. The highest BCUT2D eigenvalue weighted by Crippen LogP contribution is 2.45. The van der Waals surface area contributed by atoms with E-state index in [1.165, 1.54) is 21.6 Å². The number of carbonyl (C=O) groups excluding carboxylic acids is 1. The number of hydrogen-bond acceptors (Lipinski definition) is 5. The molecule has 0 radical (unpaired) electrons. The van der Waals surface area contributed by atoms with Gasteiger partial charge >= 0.3 is 0 Å². The summed E-state index contributed by atoms with van der Waals surface area (Å²) in [5, 5.41) is 1.12. The summed E-state index contributed by atoms with van der Waals surface area (Å²) in [6.45, 7) is 9.06. The molecule has 33 heavy (non-hydrogen) atoms. The smallest absolute Gasteiger partial charge is 0.263 e. The Hall–Kier alpha value is -2.83. The number of para-hydroxylation sites is 3. The van der Waals surface area contributed by atoms with Crippen LogP contribution in [-0.2, 0) is 11.3 Å². The number of anilines is 2. The number of benzene rings is 2. The number of carbonyl (C=O) groups is 1. The van der Waals surface area contributed by atoms with E-state index in [1.807, 2.05) is 0 Å². The van der Waals surface area contributed by atoms with E-state index in [2.05, 4.69) is 102 Å². The van der Waals surface area contributed by atoms with Gasteiger partial charge in [0, 0.05) is 41.3 Å². The fraction of sp³-hybridized carbons (Fsp3) is 0.259. The van der Waals surface area contributed by atoms with Crippen LogP contribution in [0.25, 0.3) is 16.3 Å². The van der Waals surface area contributed by atoms with E-state index in [-0.39, 0.29) is 5.78 Å². The monoisotopic (exact) mass is 474 g/mol. The van der Waals surface area contributed by atoms with Crippen molar-refractivity contribution in [1.82, 2.24) is 0 Å². The van der Waals surface area contributed by atoms with Gasteiger partial charge in [-0.25, -0.2) is 0 Å². The minimum Gasteiger partial charge on any atom is -0.326 e. The molecule has 1 aliphatic carbocycles. The first-order chi connectivity index (χ1) is 16.1. The summed E-state index contributed by atoms with van der Waals surface area (Å²) in [6, 6.07) is 16.9. The molecule has 1 aliphatic heterocycles. The lowest BCUT2D eigenvalue weighted by Gasteiger charge is -2.27. The Labute approximate surface area is 203 Å². The molecule has 3 aromatic rings. The minimum absolute atomic E-state index is 0.134. The van der Waals surface area contributed by atoms with Crippen molar-refractivity contribution in [3.05, 3.63) is 81.5 Å². The Morgan fingerprint density at radius 1 is 0.939 bits per heavy atom. The maximum atomic E-state index is 13.4. The van der Waals surface area contributed by atoms with E-state index >= 15 is 0 Å². The van der Waals surface area contributed by atoms with Crippen molar-refractivity contribution in [2.24, 2.45) is 0 Å². The Bertz CT molecular complexity index is 1320. The van der Waals surface area contributed by atoms with Crippen molar-refractivity contribution in [3.63, 3.8) is 0 Å². The molecule has 2 aromatic carbocycles. The van der Waals surface area contributed by atoms with Crippen molar-refractivity contribution >= 4 is 56.5 Å². The summed E-state index contributed by atoms with van der Waals surface area (Å²) >= 11 is 3.41. The number of Topliss-reactive ketones (excluding diaryl/α,β-unsaturated/α-hetero) is 1. The van der Waals surface area contributed by atoms with Crippen LogP contribution in [0.5, 0.6) is 0 Å². The molecule has 4 nitrogen and oxygen atoms in total. The zero-order chi connectivity index (χ0) is 23.1. The lowest BCUT2D eigenvalue weighted by atomic mass is 9.89. The van der Waals surface area contributed by atoms with Crippen LogP contribution in [0.3, 0.4) is 0 Å². The van der Waals surface area contributed by atoms with Gasteiger partial charge in [-0.3, -0.25) is 4.79 Å². The molecule has 168 valence electrons. The largest absolute Gasteiger partial charge is 0.326 e. The first kappa shape index (κ1) is 22.0. The van der Waals surface area contributed by atoms with Gasteiger partial charge in [-0.2, -0.15) is 4.57 Å². The molecule has 2 heterocycles. The molecular weight excluding hydrogens is 446 g/mol. The second-order valence-electron chi connectivity index (χ2n) is 7.97. The van der Waals surface area contributed by atoms with Crippen LogP contribution < -0.4 is 14.4 Å². The van der Waals surface area contributed by atoms with Gasteiger partial charge in [-0.1, -0.05) is 35.6 Å². The number of ketones is 1. The fourth-order valence-corrected chi connectivity index (χ4v) is 6.70. The maximum Gasteiger partial charge on any atom is 0.263 e. The van der Waals surface area contributed by atoms with Crippen LogP contribution in [0, 0.1) is 0 Å². The molecule has 0 amide bonds. The molecule has 0 saturated carbocycles. The molecule has 0 fully saturated rings. The Balaban J connectivity index is 1.58. The third kappa shape index (κ3) is 3.44. The van der Waals surface area contributed by atoms with Gasteiger partial charge in [0.25, 0.3) is 5.01 Å². The molecule has 0 saturated heterocycles. The van der Waals surface area contributed by atoms with Gasteiger partial charge in [0.1, 0.15) is 17.1 Å². The molecule has 1 aromatic heterocycles. The zero-order valence-corrected chi connectivity index (χ0v) is 21.1. The van der Waals surface area contributed by atoms with Crippen molar-refractivity contribution in [3.8, 4) is 0 Å². The highest BCUT2D eigenvalue weighted by molar-refractivity contribution is 8.02. The third-order valence-electron chi connectivity index (χ3n) is 6.33. The number of aromatic nitrogens is 1. The molecule has 0 unspecified atom stereocenters. The molecule has 2 aliphatic rings. The van der Waals surface area contributed by atoms with E-state index in [9.17, 15) is 4.79 Å². The van der Waals surface area contributed by atoms with E-state index in [4.69, 9.17) is 0 Å². The Morgan fingerprint density at radius 2 is 1.58 bits per heavy atom. The Morgan fingerprint density at radius 3 is 2.18 bits per heavy atom. The predicted molar refractivity (Wildman–Crippen MR) is 142 cm³/mol. The maximum absolute atomic E-state index is 13.4. The summed E-state index contributed by atoms with van der Waals surface area (Å²) in [7, 11) is 0. The summed E-state index contributed by atoms with van der Waals surface area (Å²) < 4.78 is 3.54. The van der Waals surface area contributed by atoms with E-state index < -0.39 is 0 Å². The standard InChI is InChI=1S/C27H28N3OS2/c1-5-28-20-12-8-9-13-21(20)29(6-2)24(28)16-18-26(31)19(27(18)32-4)17-25-30(7-3)22-14-10-11-15-23(22)33-25/h8-17H,5-7H2,1-4H3/q+1. The molecule has 5 rings (SSSR count). The zero-order valence-electron chi connectivity index (χ0n) is 19.5. The summed E-state index contributed by atoms with van der Waals surface area (Å²) in [5.74, 6) is 1.22. The van der Waals surface area contributed by atoms with Crippen molar-refractivity contribution in [2.45, 2.75) is 27.3 Å². The first-order valence-electron chi connectivity index (χ1n) is 11.4. The van der Waals surface area contributed by atoms with E-state index in [0.29, 0.717) is 0 Å². The van der Waals surface area contributed by atoms with Gasteiger partial charge in [0.2, 0.25) is 5.52 Å². The van der Waals surface area contributed by atoms with Gasteiger partial charge < -0.3 is 9.80 Å². The second kappa shape index (κ2) is 8.84. The highest BCUT2D eigenvalue weighted by atomic mass is 32.2. The number of allylic oxidation sites excluding steroid dienone is 3. The van der Waals surface area contributed by atoms with Crippen molar-refractivity contribution in [1.29, 1.82) is 0 Å². The van der Waals surface area contributed by atoms with Gasteiger partial charge in [0.15, 0.2) is 5.78 Å². The number of aryl methyl sites for hydroxylation is 1. The molecule has 0 N–H and O–H groups in total. The topological polar surface area (TPSA) is 27.4 Å². The predicted octanol–water partition coefficient (Wildman–Crippen LogP) is 6.00. The number of thioether (sulfide) groups is 1. The normalized spacial score (nSPS) is 16.8. The minimum atomic E-state index is 0.134. The number of rotatable bonds is 6. The fourth-order valence-electron chi connectivity index (χ4n) is 4.79. The van der Waals surface area contributed by atoms with Gasteiger partial charge in [-0.05, 0) is 51.3 Å².